The molecule has 0 spiro atoms. The summed E-state index contributed by atoms with van der Waals surface area (Å²) in [7, 11) is 0. The largest absolute Gasteiger partial charge is 0.481 e. The summed E-state index contributed by atoms with van der Waals surface area (Å²) >= 11 is 0.966. The fourth-order valence-corrected chi connectivity index (χ4v) is 4.48. The van der Waals surface area contributed by atoms with E-state index in [0.717, 1.165) is 54.9 Å². The Morgan fingerprint density at radius 3 is 1.84 bits per heavy atom. The Morgan fingerprint density at radius 2 is 1.40 bits per heavy atom. The third-order valence-corrected chi connectivity index (χ3v) is 5.17. The smallest absolute Gasteiger partial charge is 0.303 e. The number of carbonyl (C=O) groups is 2. The van der Waals surface area contributed by atoms with Crippen LogP contribution in [0.5, 0.6) is 0 Å². The van der Waals surface area contributed by atoms with Gasteiger partial charge in [-0.25, -0.2) is 0 Å². The molecule has 0 fully saturated rings. The molecule has 2 N–H and O–H groups in total. The summed E-state index contributed by atoms with van der Waals surface area (Å²) in [6, 6.07) is 0. The molecular formula is C20H37KO4. The average Bonchev–Trinajstić information content (AvgIpc) is 2.51. The Kier molecular flexibility index (Phi) is 22.7. The van der Waals surface area contributed by atoms with Crippen molar-refractivity contribution in [3.63, 3.8) is 0 Å². The third kappa shape index (κ3) is 29.3. The number of carboxylic acids is 2. The van der Waals surface area contributed by atoms with Crippen molar-refractivity contribution >= 4 is 60.9 Å². The first-order chi connectivity index (χ1) is 11.8. The SMILES string of the molecule is CCCCCCCCCC=C[CH]([K])CC(C)C.O=C(O)CCC(=O)O. The number of aliphatic carboxylic acids is 2. The van der Waals surface area contributed by atoms with Gasteiger partial charge in [0.2, 0.25) is 0 Å². The van der Waals surface area contributed by atoms with Crippen LogP contribution in [0.3, 0.4) is 0 Å². The molecule has 0 aromatic rings. The Hall–Kier alpha value is 0.316. The van der Waals surface area contributed by atoms with Gasteiger partial charge in [-0.15, -0.1) is 0 Å². The molecule has 0 aliphatic heterocycles. The minimum atomic E-state index is -1.08. The maximum Gasteiger partial charge on any atom is 0.303 e. The molecule has 0 heterocycles. The molecule has 0 radical (unpaired) electrons. The number of rotatable bonds is 14. The van der Waals surface area contributed by atoms with Crippen molar-refractivity contribution in [1.82, 2.24) is 0 Å². The number of allylic oxidation sites excluding steroid dienone is 2. The van der Waals surface area contributed by atoms with Gasteiger partial charge in [0.05, 0.1) is 12.8 Å². The van der Waals surface area contributed by atoms with E-state index in [-0.39, 0.29) is 12.8 Å². The molecule has 0 amide bonds. The maximum absolute atomic E-state index is 9.64. The zero-order valence-corrected chi connectivity index (χ0v) is 19.9. The van der Waals surface area contributed by atoms with E-state index in [1.807, 2.05) is 0 Å². The van der Waals surface area contributed by atoms with Crippen molar-refractivity contribution in [2.45, 2.75) is 91.4 Å². The minimum Gasteiger partial charge on any atom is -0.481 e. The van der Waals surface area contributed by atoms with E-state index in [1.165, 1.54) is 57.8 Å². The van der Waals surface area contributed by atoms with E-state index in [4.69, 9.17) is 10.2 Å². The van der Waals surface area contributed by atoms with Crippen LogP contribution in [0.4, 0.5) is 0 Å². The third-order valence-electron chi connectivity index (χ3n) is 3.83. The number of hydrogen-bond donors (Lipinski definition) is 2. The molecule has 0 bridgehead atoms. The summed E-state index contributed by atoms with van der Waals surface area (Å²) < 4.78 is 0.951. The van der Waals surface area contributed by atoms with Gasteiger partial charge in [-0.1, -0.05) is 0 Å². The van der Waals surface area contributed by atoms with Crippen LogP contribution < -0.4 is 0 Å². The van der Waals surface area contributed by atoms with Crippen LogP contribution in [0.15, 0.2) is 12.2 Å². The van der Waals surface area contributed by atoms with Gasteiger partial charge in [0.1, 0.15) is 0 Å². The molecule has 25 heavy (non-hydrogen) atoms. The Balaban J connectivity index is 0. The minimum absolute atomic E-state index is 0.296. The molecule has 0 saturated heterocycles. The predicted molar refractivity (Wildman–Crippen MR) is 105 cm³/mol. The summed E-state index contributed by atoms with van der Waals surface area (Å²) in [4.78, 5) is 19.3. The number of hydrogen-bond acceptors (Lipinski definition) is 2. The second-order valence-electron chi connectivity index (χ2n) is 7.23. The van der Waals surface area contributed by atoms with E-state index < -0.39 is 11.9 Å². The van der Waals surface area contributed by atoms with Gasteiger partial charge in [-0.05, 0) is 0 Å². The first-order valence-electron chi connectivity index (χ1n) is 9.89. The molecule has 5 heteroatoms. The van der Waals surface area contributed by atoms with Crippen molar-refractivity contribution < 1.29 is 19.8 Å². The Labute approximate surface area is 188 Å². The number of unbranched alkanes of at least 4 members (excludes halogenated alkanes) is 7. The van der Waals surface area contributed by atoms with Crippen LogP contribution in [0.2, 0.25) is 0.0125 Å². The van der Waals surface area contributed by atoms with Crippen LogP contribution in [0.25, 0.3) is 0 Å². The van der Waals surface area contributed by atoms with E-state index in [1.54, 1.807) is 0 Å². The molecule has 0 rings (SSSR count). The summed E-state index contributed by atoms with van der Waals surface area (Å²) in [6.45, 7) is 6.96. The van der Waals surface area contributed by atoms with E-state index in [0.29, 0.717) is 0 Å². The van der Waals surface area contributed by atoms with Gasteiger partial charge in [-0.3, -0.25) is 9.59 Å². The van der Waals surface area contributed by atoms with Crippen molar-refractivity contribution in [1.29, 1.82) is 0 Å². The molecule has 0 aliphatic rings. The topological polar surface area (TPSA) is 74.6 Å². The Bertz CT molecular complexity index is 340. The quantitative estimate of drug-likeness (QED) is 0.233. The van der Waals surface area contributed by atoms with Gasteiger partial charge in [0.15, 0.2) is 0 Å². The van der Waals surface area contributed by atoms with Crippen LogP contribution in [0, 0.1) is 5.92 Å². The molecule has 1 unspecified atom stereocenters. The van der Waals surface area contributed by atoms with Gasteiger partial charge in [0, 0.05) is 0 Å². The summed E-state index contributed by atoms with van der Waals surface area (Å²) in [5.74, 6) is -1.28. The summed E-state index contributed by atoms with van der Waals surface area (Å²) in [5.41, 5.74) is 0. The van der Waals surface area contributed by atoms with Gasteiger partial charge in [0.25, 0.3) is 0 Å². The zero-order chi connectivity index (χ0) is 19.5. The van der Waals surface area contributed by atoms with E-state index in [9.17, 15) is 9.59 Å². The van der Waals surface area contributed by atoms with Gasteiger partial charge in [-0.2, -0.15) is 0 Å². The maximum atomic E-state index is 9.64. The molecule has 0 aliphatic carbocycles. The molecule has 142 valence electrons. The van der Waals surface area contributed by atoms with Gasteiger partial charge >= 0.3 is 158 Å². The van der Waals surface area contributed by atoms with Crippen molar-refractivity contribution in [2.24, 2.45) is 5.92 Å². The summed E-state index contributed by atoms with van der Waals surface area (Å²) in [6.07, 6.45) is 17.1. The van der Waals surface area contributed by atoms with Crippen molar-refractivity contribution in [3.8, 4) is 0 Å². The molecule has 0 aromatic carbocycles. The van der Waals surface area contributed by atoms with Crippen molar-refractivity contribution in [3.05, 3.63) is 12.2 Å². The Morgan fingerprint density at radius 1 is 0.920 bits per heavy atom. The first kappa shape index (κ1) is 27.5. The fourth-order valence-electron chi connectivity index (χ4n) is 2.58. The van der Waals surface area contributed by atoms with Crippen molar-refractivity contribution in [2.75, 3.05) is 0 Å². The second kappa shape index (κ2) is 20.6. The normalized spacial score (nSPS) is 12.1. The summed E-state index contributed by atoms with van der Waals surface area (Å²) in [5, 5.41) is 15.8. The number of carboxylic acid groups (broad SMARTS) is 2. The first-order valence-corrected chi connectivity index (χ1v) is 11.7. The van der Waals surface area contributed by atoms with Crippen LogP contribution in [-0.2, 0) is 9.59 Å². The molecule has 0 aromatic heterocycles. The average molecular weight is 381 g/mol. The van der Waals surface area contributed by atoms with Crippen LogP contribution >= 0.6 is 0 Å². The second-order valence-corrected chi connectivity index (χ2v) is 9.55. The van der Waals surface area contributed by atoms with Crippen LogP contribution in [0.1, 0.15) is 91.4 Å². The standard InChI is InChI=1S/C16H31.C4H6O4.K/c1-4-5-6-7-8-9-10-11-12-13-14-15-16(2)3;5-3(6)1-2-4(7)8;/h12-14,16H,4-11,15H2,1-3H3;1-2H2,(H,5,6)(H,7,8);. The molecule has 4 nitrogen and oxygen atoms in total. The van der Waals surface area contributed by atoms with E-state index >= 15 is 0 Å². The fraction of sp³-hybridized carbons (Fsp3) is 0.800. The molecular weight excluding hydrogens is 343 g/mol. The monoisotopic (exact) mass is 380 g/mol. The van der Waals surface area contributed by atoms with E-state index in [2.05, 4.69) is 32.9 Å². The predicted octanol–water partition coefficient (Wildman–Crippen LogP) is 5.62. The molecule has 1 atom stereocenters. The van der Waals surface area contributed by atoms with Gasteiger partial charge < -0.3 is 10.2 Å². The molecule has 0 saturated carbocycles. The zero-order valence-electron chi connectivity index (χ0n) is 16.8. The van der Waals surface area contributed by atoms with Crippen LogP contribution in [-0.4, -0.2) is 71.1 Å².